The van der Waals surface area contributed by atoms with Crippen LogP contribution in [0.5, 0.6) is 0 Å². The number of benzene rings is 1. The van der Waals surface area contributed by atoms with Crippen molar-refractivity contribution < 1.29 is 4.79 Å². The van der Waals surface area contributed by atoms with Crippen molar-refractivity contribution in [2.24, 2.45) is 0 Å². The summed E-state index contributed by atoms with van der Waals surface area (Å²) in [4.78, 5) is 19.1. The van der Waals surface area contributed by atoms with Gasteiger partial charge in [0.2, 0.25) is 0 Å². The molecule has 98 valence electrons. The fourth-order valence-corrected chi connectivity index (χ4v) is 2.17. The van der Waals surface area contributed by atoms with E-state index in [0.717, 1.165) is 36.2 Å². The monoisotopic (exact) mass is 254 g/mol. The number of hydrogen-bond donors (Lipinski definition) is 0. The molecule has 1 aromatic heterocycles. The van der Waals surface area contributed by atoms with Crippen molar-refractivity contribution in [1.82, 2.24) is 9.97 Å². The van der Waals surface area contributed by atoms with Crippen molar-refractivity contribution in [3.8, 4) is 0 Å². The highest BCUT2D eigenvalue weighted by Gasteiger charge is 2.14. The van der Waals surface area contributed by atoms with Crippen LogP contribution in [0.1, 0.15) is 40.2 Å². The van der Waals surface area contributed by atoms with E-state index in [1.54, 1.807) is 6.33 Å². The van der Waals surface area contributed by atoms with Crippen molar-refractivity contribution in [1.29, 1.82) is 0 Å². The Morgan fingerprint density at radius 2 is 1.68 bits per heavy atom. The van der Waals surface area contributed by atoms with Gasteiger partial charge in [0.25, 0.3) is 0 Å². The number of fused-ring (bicyclic) bond motifs is 1. The molecule has 0 fully saturated rings. The molecule has 0 amide bonds. The average molecular weight is 254 g/mol. The Bertz CT molecular complexity index is 561. The first-order chi connectivity index (χ1) is 9.16. The number of carbonyl (C=O) groups excluding carboxylic acids is 1. The first-order valence-corrected chi connectivity index (χ1v) is 6.53. The molecule has 0 unspecified atom stereocenters. The van der Waals surface area contributed by atoms with Gasteiger partial charge in [-0.05, 0) is 38.3 Å². The number of ketones is 1. The molecule has 0 bridgehead atoms. The lowest BCUT2D eigenvalue weighted by atomic mass is 9.91. The van der Waals surface area contributed by atoms with E-state index >= 15 is 0 Å². The Kier molecular flexibility index (Phi) is 4.39. The summed E-state index contributed by atoms with van der Waals surface area (Å²) in [5, 5.41) is 0. The third-order valence-corrected chi connectivity index (χ3v) is 3.11. The van der Waals surface area contributed by atoms with E-state index in [2.05, 4.69) is 9.97 Å². The van der Waals surface area contributed by atoms with Gasteiger partial charge in [0.1, 0.15) is 6.33 Å². The number of carbonyl (C=O) groups is 1. The van der Waals surface area contributed by atoms with Gasteiger partial charge in [-0.3, -0.25) is 4.79 Å². The Morgan fingerprint density at radius 1 is 1.00 bits per heavy atom. The zero-order chi connectivity index (χ0) is 13.7. The van der Waals surface area contributed by atoms with Gasteiger partial charge in [-0.2, -0.15) is 0 Å². The summed E-state index contributed by atoms with van der Waals surface area (Å²) in [5.41, 5.74) is 4.22. The molecule has 0 atom stereocenters. The van der Waals surface area contributed by atoms with E-state index in [-0.39, 0.29) is 0 Å². The van der Waals surface area contributed by atoms with E-state index in [9.17, 15) is 4.79 Å². The summed E-state index contributed by atoms with van der Waals surface area (Å²) >= 11 is 0. The molecule has 1 heterocycles. The normalized spacial score (nSPS) is 13.3. The first kappa shape index (κ1) is 13.4. The number of rotatable bonds is 0. The molecule has 3 nitrogen and oxygen atoms in total. The van der Waals surface area contributed by atoms with E-state index in [0.29, 0.717) is 5.78 Å². The lowest BCUT2D eigenvalue weighted by Crippen LogP contribution is -2.09. The molecule has 0 N–H and O–H groups in total. The predicted octanol–water partition coefficient (Wildman–Crippen LogP) is 3.30. The van der Waals surface area contributed by atoms with Crippen LogP contribution in [0, 0.1) is 13.8 Å². The highest BCUT2D eigenvalue weighted by atomic mass is 16.1. The molecule has 1 aromatic carbocycles. The van der Waals surface area contributed by atoms with Crippen LogP contribution >= 0.6 is 0 Å². The summed E-state index contributed by atoms with van der Waals surface area (Å²) in [6.07, 6.45) is 4.40. The van der Waals surface area contributed by atoms with Crippen LogP contribution in [0.25, 0.3) is 0 Å². The van der Waals surface area contributed by atoms with Crippen LogP contribution < -0.4 is 0 Å². The van der Waals surface area contributed by atoms with Gasteiger partial charge in [-0.25, -0.2) is 9.97 Å². The molecule has 0 radical (unpaired) electrons. The number of aryl methyl sites for hydroxylation is 3. The second-order valence-corrected chi connectivity index (χ2v) is 4.73. The Hall–Kier alpha value is -2.03. The molecule has 2 aromatic rings. The average Bonchev–Trinajstić information content (AvgIpc) is 2.40. The van der Waals surface area contributed by atoms with Crippen LogP contribution in [0.15, 0.2) is 36.7 Å². The zero-order valence-electron chi connectivity index (χ0n) is 11.4. The van der Waals surface area contributed by atoms with E-state index in [1.165, 1.54) is 5.56 Å². The van der Waals surface area contributed by atoms with Gasteiger partial charge in [0.05, 0.1) is 0 Å². The van der Waals surface area contributed by atoms with Crippen molar-refractivity contribution in [3.05, 3.63) is 59.2 Å². The lowest BCUT2D eigenvalue weighted by molar-refractivity contribution is 0.0972. The molecule has 1 aliphatic carbocycles. The van der Waals surface area contributed by atoms with Crippen LogP contribution in [0.2, 0.25) is 0 Å². The third-order valence-electron chi connectivity index (χ3n) is 3.11. The van der Waals surface area contributed by atoms with Crippen LogP contribution in [-0.4, -0.2) is 15.8 Å². The first-order valence-electron chi connectivity index (χ1n) is 6.53. The van der Waals surface area contributed by atoms with Crippen LogP contribution in [0.4, 0.5) is 0 Å². The second-order valence-electron chi connectivity index (χ2n) is 4.73. The Balaban J connectivity index is 0.000000148. The van der Waals surface area contributed by atoms with E-state index in [4.69, 9.17) is 0 Å². The smallest absolute Gasteiger partial charge is 0.163 e. The molecule has 0 saturated carbocycles. The SMILES string of the molecule is Cc1cc(C)ncn1.O=C1CCCc2ccccc21. The third kappa shape index (κ3) is 3.71. The van der Waals surface area contributed by atoms with Gasteiger partial charge in [-0.15, -0.1) is 0 Å². The molecule has 0 aliphatic heterocycles. The minimum absolute atomic E-state index is 0.312. The molecule has 19 heavy (non-hydrogen) atoms. The Morgan fingerprint density at radius 3 is 2.26 bits per heavy atom. The molecule has 3 heteroatoms. The minimum Gasteiger partial charge on any atom is -0.294 e. The number of nitrogens with zero attached hydrogens (tertiary/aromatic N) is 2. The van der Waals surface area contributed by atoms with Gasteiger partial charge in [-0.1, -0.05) is 24.3 Å². The molecule has 0 spiro atoms. The molecular formula is C16H18N2O. The van der Waals surface area contributed by atoms with Gasteiger partial charge < -0.3 is 0 Å². The highest BCUT2D eigenvalue weighted by molar-refractivity contribution is 5.98. The number of aromatic nitrogens is 2. The largest absolute Gasteiger partial charge is 0.294 e. The predicted molar refractivity (Wildman–Crippen MR) is 75.2 cm³/mol. The maximum Gasteiger partial charge on any atom is 0.163 e. The summed E-state index contributed by atoms with van der Waals surface area (Å²) < 4.78 is 0. The Labute approximate surface area is 113 Å². The summed E-state index contributed by atoms with van der Waals surface area (Å²) in [6, 6.07) is 9.85. The zero-order valence-corrected chi connectivity index (χ0v) is 11.4. The molecular weight excluding hydrogens is 236 g/mol. The lowest BCUT2D eigenvalue weighted by Gasteiger charge is -2.12. The summed E-state index contributed by atoms with van der Waals surface area (Å²) in [7, 11) is 0. The fourth-order valence-electron chi connectivity index (χ4n) is 2.17. The highest BCUT2D eigenvalue weighted by Crippen LogP contribution is 2.19. The topological polar surface area (TPSA) is 42.9 Å². The van der Waals surface area contributed by atoms with Crippen molar-refractivity contribution in [3.63, 3.8) is 0 Å². The summed E-state index contributed by atoms with van der Waals surface area (Å²) in [6.45, 7) is 3.91. The summed E-state index contributed by atoms with van der Waals surface area (Å²) in [5.74, 6) is 0.312. The van der Waals surface area contributed by atoms with E-state index in [1.807, 2.05) is 44.2 Å². The number of hydrogen-bond acceptors (Lipinski definition) is 3. The minimum atomic E-state index is 0.312. The van der Waals surface area contributed by atoms with Crippen LogP contribution in [0.3, 0.4) is 0 Å². The number of Topliss-reactive ketones (excluding diaryl/α,β-unsaturated/α-hetero) is 1. The van der Waals surface area contributed by atoms with Crippen molar-refractivity contribution in [2.45, 2.75) is 33.1 Å². The molecule has 0 saturated heterocycles. The fraction of sp³-hybridized carbons (Fsp3) is 0.312. The quantitative estimate of drug-likeness (QED) is 0.724. The molecule has 3 rings (SSSR count). The van der Waals surface area contributed by atoms with Crippen molar-refractivity contribution in [2.75, 3.05) is 0 Å². The van der Waals surface area contributed by atoms with Crippen molar-refractivity contribution >= 4 is 5.78 Å². The van der Waals surface area contributed by atoms with Gasteiger partial charge in [0.15, 0.2) is 5.78 Å². The molecule has 1 aliphatic rings. The maximum atomic E-state index is 11.3. The van der Waals surface area contributed by atoms with Gasteiger partial charge in [0, 0.05) is 23.4 Å². The van der Waals surface area contributed by atoms with Crippen LogP contribution in [-0.2, 0) is 6.42 Å². The maximum absolute atomic E-state index is 11.3. The van der Waals surface area contributed by atoms with E-state index < -0.39 is 0 Å². The standard InChI is InChI=1S/C10H10O.C6H8N2/c11-10-7-3-5-8-4-1-2-6-9(8)10;1-5-3-6(2)8-4-7-5/h1-2,4,6H,3,5,7H2;3-4H,1-2H3. The van der Waals surface area contributed by atoms with Gasteiger partial charge >= 0.3 is 0 Å². The second kappa shape index (κ2) is 6.23.